The molecule has 0 saturated heterocycles. The van der Waals surface area contributed by atoms with Gasteiger partial charge < -0.3 is 15.7 Å². The Morgan fingerprint density at radius 3 is 2.68 bits per heavy atom. The van der Waals surface area contributed by atoms with Gasteiger partial charge in [-0.1, -0.05) is 6.07 Å². The zero-order chi connectivity index (χ0) is 14.4. The van der Waals surface area contributed by atoms with Crippen LogP contribution < -0.4 is 10.6 Å². The summed E-state index contributed by atoms with van der Waals surface area (Å²) in [5, 5.41) is 13.8. The topological polar surface area (TPSA) is 95.5 Å². The minimum Gasteiger partial charge on any atom is -0.478 e. The zero-order valence-corrected chi connectivity index (χ0v) is 11.5. The van der Waals surface area contributed by atoms with Crippen LogP contribution in [0.5, 0.6) is 0 Å². The fraction of sp³-hybridized carbons (Fsp3) is 0.333. The average molecular weight is 284 g/mol. The maximum atomic E-state index is 11.6. The van der Waals surface area contributed by atoms with Gasteiger partial charge in [0.15, 0.2) is 0 Å². The minimum absolute atomic E-state index is 0.0980. The normalized spacial score (nSPS) is 13.4. The molecule has 1 aromatic carbocycles. The van der Waals surface area contributed by atoms with E-state index in [2.05, 4.69) is 10.6 Å². The maximum absolute atomic E-state index is 11.6. The molecule has 0 aromatic heterocycles. The minimum atomic E-state index is -1.06. The van der Waals surface area contributed by atoms with Gasteiger partial charge >= 0.3 is 12.0 Å². The predicted molar refractivity (Wildman–Crippen MR) is 74.0 cm³/mol. The molecule has 3 N–H and O–H groups in total. The Morgan fingerprint density at radius 1 is 1.42 bits per heavy atom. The van der Waals surface area contributed by atoms with Crippen molar-refractivity contribution in [2.75, 3.05) is 18.1 Å². The van der Waals surface area contributed by atoms with E-state index in [1.54, 1.807) is 25.3 Å². The van der Waals surface area contributed by atoms with E-state index in [9.17, 15) is 13.8 Å². The van der Waals surface area contributed by atoms with Gasteiger partial charge in [0.1, 0.15) is 0 Å². The van der Waals surface area contributed by atoms with E-state index >= 15 is 0 Å². The van der Waals surface area contributed by atoms with Crippen molar-refractivity contribution in [3.8, 4) is 0 Å². The Morgan fingerprint density at radius 2 is 2.11 bits per heavy atom. The lowest BCUT2D eigenvalue weighted by atomic mass is 10.2. The number of rotatable bonds is 5. The van der Waals surface area contributed by atoms with Gasteiger partial charge in [-0.15, -0.1) is 0 Å². The van der Waals surface area contributed by atoms with Crippen molar-refractivity contribution >= 4 is 28.5 Å². The summed E-state index contributed by atoms with van der Waals surface area (Å²) in [5.74, 6) is -1.06. The van der Waals surface area contributed by atoms with Crippen molar-refractivity contribution in [2.45, 2.75) is 12.2 Å². The van der Waals surface area contributed by atoms with E-state index < -0.39 is 22.8 Å². The number of aromatic carboxylic acids is 1. The number of carboxylic acid groups (broad SMARTS) is 1. The molecule has 0 heterocycles. The zero-order valence-electron chi connectivity index (χ0n) is 10.7. The third-order valence-corrected chi connectivity index (χ3v) is 3.78. The van der Waals surface area contributed by atoms with E-state index in [1.807, 2.05) is 0 Å². The fourth-order valence-corrected chi connectivity index (χ4v) is 1.58. The molecule has 1 rings (SSSR count). The molecule has 104 valence electrons. The van der Waals surface area contributed by atoms with Gasteiger partial charge in [0.05, 0.1) is 5.56 Å². The van der Waals surface area contributed by atoms with Crippen LogP contribution in [0.3, 0.4) is 0 Å². The van der Waals surface area contributed by atoms with Crippen LogP contribution in [0.2, 0.25) is 0 Å². The summed E-state index contributed by atoms with van der Waals surface area (Å²) in [5.41, 5.74) is 0.489. The highest BCUT2D eigenvalue weighted by molar-refractivity contribution is 7.84. The van der Waals surface area contributed by atoms with Crippen LogP contribution in [0.1, 0.15) is 17.3 Å². The smallest absolute Gasteiger partial charge is 0.335 e. The first-order chi connectivity index (χ1) is 8.90. The van der Waals surface area contributed by atoms with Crippen molar-refractivity contribution < 1.29 is 18.9 Å². The van der Waals surface area contributed by atoms with Gasteiger partial charge in [-0.3, -0.25) is 4.21 Å². The Hall–Kier alpha value is -1.89. The van der Waals surface area contributed by atoms with Crippen LogP contribution in [0.15, 0.2) is 24.3 Å². The lowest BCUT2D eigenvalue weighted by Crippen LogP contribution is -2.35. The van der Waals surface area contributed by atoms with E-state index in [4.69, 9.17) is 5.11 Å². The number of benzene rings is 1. The van der Waals surface area contributed by atoms with Gasteiger partial charge in [-0.2, -0.15) is 0 Å². The van der Waals surface area contributed by atoms with E-state index in [0.717, 1.165) is 0 Å². The van der Waals surface area contributed by atoms with E-state index in [-0.39, 0.29) is 17.4 Å². The summed E-state index contributed by atoms with van der Waals surface area (Å²) in [6, 6.07) is 5.48. The summed E-state index contributed by atoms with van der Waals surface area (Å²) in [6.07, 6.45) is 1.57. The molecule has 2 atom stereocenters. The molecule has 1 aromatic rings. The quantitative estimate of drug-likeness (QED) is 0.758. The number of amides is 2. The Balaban J connectivity index is 2.55. The second-order valence-corrected chi connectivity index (χ2v) is 5.83. The number of urea groups is 1. The van der Waals surface area contributed by atoms with Crippen LogP contribution >= 0.6 is 0 Å². The number of hydrogen-bond acceptors (Lipinski definition) is 3. The molecule has 6 nitrogen and oxygen atoms in total. The van der Waals surface area contributed by atoms with E-state index in [1.165, 1.54) is 12.1 Å². The maximum Gasteiger partial charge on any atom is 0.335 e. The first-order valence-electron chi connectivity index (χ1n) is 5.60. The molecule has 0 fully saturated rings. The molecule has 0 aliphatic carbocycles. The summed E-state index contributed by atoms with van der Waals surface area (Å²) in [6.45, 7) is 2.05. The third-order valence-electron chi connectivity index (χ3n) is 2.48. The average Bonchev–Trinajstić information content (AvgIpc) is 2.36. The highest BCUT2D eigenvalue weighted by Gasteiger charge is 2.09. The van der Waals surface area contributed by atoms with E-state index in [0.29, 0.717) is 5.69 Å². The largest absolute Gasteiger partial charge is 0.478 e. The summed E-state index contributed by atoms with van der Waals surface area (Å²) < 4.78 is 11.1. The SMILES string of the molecule is CC(CNC(=O)Nc1cccc(C(=O)O)c1)S(C)=O. The summed E-state index contributed by atoms with van der Waals surface area (Å²) in [7, 11) is -1.00. The molecule has 0 radical (unpaired) electrons. The molecule has 2 unspecified atom stereocenters. The summed E-state index contributed by atoms with van der Waals surface area (Å²) in [4.78, 5) is 22.3. The monoisotopic (exact) mass is 284 g/mol. The molecule has 2 amide bonds. The second kappa shape index (κ2) is 6.89. The lowest BCUT2D eigenvalue weighted by molar-refractivity contribution is 0.0697. The number of anilines is 1. The van der Waals surface area contributed by atoms with Crippen LogP contribution in [0, 0.1) is 0 Å². The Labute approximate surface area is 113 Å². The van der Waals surface area contributed by atoms with Crippen LogP contribution in [0.4, 0.5) is 10.5 Å². The fourth-order valence-electron chi connectivity index (χ4n) is 1.26. The highest BCUT2D eigenvalue weighted by Crippen LogP contribution is 2.10. The van der Waals surface area contributed by atoms with Crippen molar-refractivity contribution in [3.63, 3.8) is 0 Å². The van der Waals surface area contributed by atoms with Gasteiger partial charge in [0.2, 0.25) is 0 Å². The molecule has 19 heavy (non-hydrogen) atoms. The first-order valence-corrected chi connectivity index (χ1v) is 7.22. The lowest BCUT2D eigenvalue weighted by Gasteiger charge is -2.11. The number of carbonyl (C=O) groups excluding carboxylic acids is 1. The van der Waals surface area contributed by atoms with Crippen molar-refractivity contribution in [1.82, 2.24) is 5.32 Å². The van der Waals surface area contributed by atoms with Crippen molar-refractivity contribution in [1.29, 1.82) is 0 Å². The molecule has 0 saturated carbocycles. The van der Waals surface area contributed by atoms with Gasteiger partial charge in [-0.05, 0) is 25.1 Å². The molecular weight excluding hydrogens is 268 g/mol. The Bertz CT molecular complexity index is 504. The molecule has 0 aliphatic heterocycles. The van der Waals surface area contributed by atoms with Crippen LogP contribution in [0.25, 0.3) is 0 Å². The standard InChI is InChI=1S/C12H16N2O4S/c1-8(19(2)18)7-13-12(17)14-10-5-3-4-9(6-10)11(15)16/h3-6,8H,7H2,1-2H3,(H,15,16)(H2,13,14,17). The number of hydrogen-bond donors (Lipinski definition) is 3. The molecule has 0 aliphatic rings. The van der Waals surface area contributed by atoms with Crippen molar-refractivity contribution in [2.24, 2.45) is 0 Å². The van der Waals surface area contributed by atoms with Crippen molar-refractivity contribution in [3.05, 3.63) is 29.8 Å². The molecule has 0 spiro atoms. The first kappa shape index (κ1) is 15.2. The molecule has 0 bridgehead atoms. The van der Waals surface area contributed by atoms with Gasteiger partial charge in [-0.25, -0.2) is 9.59 Å². The predicted octanol–water partition coefficient (Wildman–Crippen LogP) is 1.27. The van der Waals surface area contributed by atoms with Gasteiger partial charge in [0.25, 0.3) is 0 Å². The Kier molecular flexibility index (Phi) is 5.50. The third kappa shape index (κ3) is 5.09. The molecule has 7 heteroatoms. The number of nitrogens with one attached hydrogen (secondary N) is 2. The van der Waals surface area contributed by atoms with Gasteiger partial charge in [0, 0.05) is 34.5 Å². The second-order valence-electron chi connectivity index (χ2n) is 4.03. The van der Waals surface area contributed by atoms with Crippen LogP contribution in [-0.2, 0) is 10.8 Å². The van der Waals surface area contributed by atoms with Crippen LogP contribution in [-0.4, -0.2) is 39.4 Å². The number of carbonyl (C=O) groups is 2. The molecular formula is C12H16N2O4S. The number of carboxylic acids is 1. The summed E-state index contributed by atoms with van der Waals surface area (Å²) >= 11 is 0. The highest BCUT2D eigenvalue weighted by atomic mass is 32.2.